The van der Waals surface area contributed by atoms with Gasteiger partial charge in [0.1, 0.15) is 11.5 Å². The normalized spacial score (nSPS) is 14.2. The van der Waals surface area contributed by atoms with Crippen molar-refractivity contribution in [3.63, 3.8) is 0 Å². The molecular formula is C64H62N4OPt+2. The van der Waals surface area contributed by atoms with Crippen molar-refractivity contribution in [1.29, 1.82) is 0 Å². The van der Waals surface area contributed by atoms with E-state index in [1.165, 1.54) is 6.07 Å². The van der Waals surface area contributed by atoms with Crippen molar-refractivity contribution in [2.75, 3.05) is 0 Å². The molecule has 0 aliphatic carbocycles. The van der Waals surface area contributed by atoms with Crippen molar-refractivity contribution in [3.8, 4) is 39.6 Å². The molecule has 0 amide bonds. The van der Waals surface area contributed by atoms with Gasteiger partial charge < -0.3 is 9.30 Å². The van der Waals surface area contributed by atoms with Crippen LogP contribution in [0.3, 0.4) is 0 Å². The Kier molecular flexibility index (Phi) is 10.9. The molecule has 9 aromatic rings. The van der Waals surface area contributed by atoms with Gasteiger partial charge in [0.05, 0.1) is 16.6 Å². The molecule has 0 saturated carbocycles. The zero-order valence-corrected chi connectivity index (χ0v) is 44.1. The minimum absolute atomic E-state index is 0. The minimum atomic E-state index is -1.83. The van der Waals surface area contributed by atoms with Gasteiger partial charge in [0.2, 0.25) is 5.69 Å². The fourth-order valence-corrected chi connectivity index (χ4v) is 9.14. The molecule has 0 fully saturated rings. The third kappa shape index (κ3) is 9.26. The first-order valence-electron chi connectivity index (χ1n) is 26.8. The van der Waals surface area contributed by atoms with E-state index in [-0.39, 0.29) is 67.0 Å². The molecule has 70 heavy (non-hydrogen) atoms. The van der Waals surface area contributed by atoms with Gasteiger partial charge >= 0.3 is 32.8 Å². The van der Waals surface area contributed by atoms with Crippen LogP contribution in [0.1, 0.15) is 107 Å². The number of pyridine rings is 1. The number of benzene rings is 7. The number of aromatic nitrogens is 2. The van der Waals surface area contributed by atoms with Crippen LogP contribution >= 0.6 is 0 Å². The van der Waals surface area contributed by atoms with E-state index in [4.69, 9.17) is 12.5 Å². The Morgan fingerprint density at radius 2 is 1.33 bits per heavy atom. The van der Waals surface area contributed by atoms with Crippen LogP contribution in [0.4, 0.5) is 22.7 Å². The molecule has 10 rings (SSSR count). The summed E-state index contributed by atoms with van der Waals surface area (Å²) in [6, 6.07) is 51.5. The number of rotatable bonds is 9. The fraction of sp³-hybridized carbons (Fsp3) is 0.250. The summed E-state index contributed by atoms with van der Waals surface area (Å²) in [5.41, 5.74) is 9.71. The Morgan fingerprint density at radius 3 is 2.06 bits per heavy atom. The van der Waals surface area contributed by atoms with Gasteiger partial charge in [0.25, 0.3) is 5.69 Å². The maximum absolute atomic E-state index is 9.67. The molecule has 0 atom stereocenters. The molecule has 0 bridgehead atoms. The zero-order chi connectivity index (χ0) is 53.7. The van der Waals surface area contributed by atoms with Crippen molar-refractivity contribution in [3.05, 3.63) is 192 Å². The first kappa shape index (κ1) is 41.2. The smallest absolute Gasteiger partial charge is 0.509 e. The second-order valence-electron chi connectivity index (χ2n) is 21.4. The van der Waals surface area contributed by atoms with Crippen LogP contribution in [-0.4, -0.2) is 15.6 Å². The average molecular weight is 1100 g/mol. The summed E-state index contributed by atoms with van der Waals surface area (Å²) < 4.78 is 67.8. The van der Waals surface area contributed by atoms with Gasteiger partial charge in [-0.25, -0.2) is 4.98 Å². The molecule has 2 aromatic heterocycles. The van der Waals surface area contributed by atoms with Gasteiger partial charge in [-0.1, -0.05) is 183 Å². The van der Waals surface area contributed by atoms with Gasteiger partial charge in [-0.3, -0.25) is 0 Å². The quantitative estimate of drug-likeness (QED) is 0.107. The summed E-state index contributed by atoms with van der Waals surface area (Å²) in [4.78, 5) is 4.85. The van der Waals surface area contributed by atoms with Gasteiger partial charge in [-0.15, -0.1) is 23.6 Å². The Labute approximate surface area is 437 Å². The number of hydrogen-bond acceptors (Lipinski definition) is 2. The van der Waals surface area contributed by atoms with E-state index in [1.807, 2.05) is 102 Å². The second kappa shape index (κ2) is 18.6. The molecule has 1 aliphatic rings. The second-order valence-corrected chi connectivity index (χ2v) is 21.4. The molecular weight excluding hydrogens is 1040 g/mol. The molecule has 1 aliphatic heterocycles. The van der Waals surface area contributed by atoms with Crippen molar-refractivity contribution in [1.82, 2.24) is 18.7 Å². The molecule has 7 aromatic carbocycles. The van der Waals surface area contributed by atoms with Crippen LogP contribution in [0.15, 0.2) is 158 Å². The molecule has 352 valence electrons. The van der Waals surface area contributed by atoms with E-state index in [2.05, 4.69) is 134 Å². The van der Waals surface area contributed by atoms with Crippen molar-refractivity contribution in [2.45, 2.75) is 98.8 Å². The van der Waals surface area contributed by atoms with E-state index in [0.29, 0.717) is 45.4 Å². The third-order valence-electron chi connectivity index (χ3n) is 12.8. The molecule has 0 unspecified atom stereocenters. The summed E-state index contributed by atoms with van der Waals surface area (Å²) >= 11 is 0. The average Bonchev–Trinajstić information content (AvgIpc) is 3.93. The SMILES string of the molecule is [2H]c1cc([2H])c(-c2cccc(-c3cc(C(C)(C)C)cc(C(C)(C)C)c3)c2[N+]2=C=[N+](c3[c-]c(Oc4[c-]c5c(cc4)c4ccccc4n5-c4cc(C(C)(C)C)ccn4)ccc3)c3cccc(C([2H])([2H])C(C)C)c32)c([2H])c1[2H].[Pt+2]. The Balaban J connectivity index is 0.00000706. The van der Waals surface area contributed by atoms with Gasteiger partial charge in [-0.2, -0.15) is 12.1 Å². The van der Waals surface area contributed by atoms with Gasteiger partial charge in [-0.05, 0) is 96.6 Å². The summed E-state index contributed by atoms with van der Waals surface area (Å²) in [6.07, 6.45) is 0.0252. The zero-order valence-electron chi connectivity index (χ0n) is 47.8. The Hall–Kier alpha value is -6.64. The summed E-state index contributed by atoms with van der Waals surface area (Å²) in [5.74, 6) is 1.25. The molecule has 0 N–H and O–H groups in total. The maximum atomic E-state index is 9.67. The number of fused-ring (bicyclic) bond motifs is 4. The standard InChI is InChI=1S/C64H62N4O.Pt/c1-42(2)34-44-22-17-29-57-60(44)67(61-52(43-20-13-12-14-21-43)26-19-27-53(61)45-35-47(63(6,7)8)37-48(36-45)64(9,10)11)41-66(57)49-23-18-24-50(39-49)69-51-30-31-55-54-25-15-16-28-56(54)68(58(55)40-51)59-38-46(32-33-65-59)62(3,4)5;/h12-33,35-38,42H,34H2,1-11H3;/q;+2/i12D,13D,20D,21D,34D2;. The summed E-state index contributed by atoms with van der Waals surface area (Å²) in [7, 11) is 0. The van der Waals surface area contributed by atoms with Crippen LogP contribution in [0.25, 0.3) is 49.9 Å². The summed E-state index contributed by atoms with van der Waals surface area (Å²) in [6.45, 7) is 23.5. The third-order valence-corrected chi connectivity index (χ3v) is 12.8. The molecule has 0 radical (unpaired) electrons. The Bertz CT molecular complexity index is 3840. The molecule has 3 heterocycles. The van der Waals surface area contributed by atoms with E-state index < -0.39 is 12.3 Å². The van der Waals surface area contributed by atoms with E-state index in [9.17, 15) is 5.48 Å². The topological polar surface area (TPSA) is 33.1 Å². The van der Waals surface area contributed by atoms with E-state index >= 15 is 0 Å². The Morgan fingerprint density at radius 1 is 0.643 bits per heavy atom. The van der Waals surface area contributed by atoms with Crippen LogP contribution < -0.4 is 13.9 Å². The number of hydrogen-bond donors (Lipinski definition) is 0. The van der Waals surface area contributed by atoms with Gasteiger partial charge in [0, 0.05) is 37.6 Å². The number of nitrogens with zero attached hydrogens (tertiary/aromatic N) is 4. The van der Waals surface area contributed by atoms with Crippen LogP contribution in [0.5, 0.6) is 11.5 Å². The number of para-hydroxylation sites is 3. The number of ether oxygens (including phenoxy) is 1. The van der Waals surface area contributed by atoms with E-state index in [0.717, 1.165) is 55.4 Å². The van der Waals surface area contributed by atoms with Crippen molar-refractivity contribution >= 4 is 50.6 Å². The minimum Gasteiger partial charge on any atom is -0.509 e. The molecule has 0 saturated heterocycles. The fourth-order valence-electron chi connectivity index (χ4n) is 9.14. The predicted octanol–water partition coefficient (Wildman–Crippen LogP) is 16.9. The van der Waals surface area contributed by atoms with Crippen molar-refractivity contribution in [2.24, 2.45) is 5.92 Å². The van der Waals surface area contributed by atoms with Crippen LogP contribution in [0, 0.1) is 18.1 Å². The monoisotopic (exact) mass is 1100 g/mol. The molecule has 6 heteroatoms. The maximum Gasteiger partial charge on any atom is 2.00 e. The predicted molar refractivity (Wildman–Crippen MR) is 289 cm³/mol. The first-order valence-corrected chi connectivity index (χ1v) is 23.8. The van der Waals surface area contributed by atoms with Gasteiger partial charge in [0.15, 0.2) is 0 Å². The first-order chi connectivity index (χ1) is 35.3. The van der Waals surface area contributed by atoms with Crippen molar-refractivity contribution < 1.29 is 34.0 Å². The molecule has 0 spiro atoms. The largest absolute Gasteiger partial charge is 2.00 e. The molecule has 5 nitrogen and oxygen atoms in total. The summed E-state index contributed by atoms with van der Waals surface area (Å²) in [5, 5.41) is 2.09. The van der Waals surface area contributed by atoms with Crippen LogP contribution in [0.2, 0.25) is 0 Å². The van der Waals surface area contributed by atoms with E-state index in [1.54, 1.807) is 0 Å². The van der Waals surface area contributed by atoms with Crippen LogP contribution in [-0.2, 0) is 43.7 Å².